The van der Waals surface area contributed by atoms with Crippen LogP contribution in [-0.4, -0.2) is 54.5 Å². The van der Waals surface area contributed by atoms with Crippen LogP contribution in [-0.2, 0) is 0 Å². The van der Waals surface area contributed by atoms with Gasteiger partial charge in [-0.2, -0.15) is 0 Å². The van der Waals surface area contributed by atoms with Gasteiger partial charge in [0.2, 0.25) is 0 Å². The number of rotatable bonds is 1. The maximum absolute atomic E-state index is 9.22. The third-order valence-electron chi connectivity index (χ3n) is 0.258. The molecule has 5 heavy (non-hydrogen) atoms. The van der Waals surface area contributed by atoms with Crippen LogP contribution in [0, 0.1) is 10.1 Å². The molecule has 0 aromatic carbocycles. The number of hydrogen-bond donors (Lipinski definition) is 0. The summed E-state index contributed by atoms with van der Waals surface area (Å²) in [6.45, 7) is 0. The van der Waals surface area contributed by atoms with Gasteiger partial charge in [-0.15, -0.1) is 0 Å². The maximum atomic E-state index is 9.22. The second kappa shape index (κ2) is 3.23. The molecule has 0 amide bonds. The Hall–Kier alpha value is 1.04. The van der Waals surface area contributed by atoms with E-state index >= 15 is 0 Å². The zero-order chi connectivity index (χ0) is 4.28. The predicted molar refractivity (Wildman–Crippen MR) is 17.6 cm³/mol. The number of nitro groups is 1. The molecule has 0 aliphatic carbocycles. The van der Waals surface area contributed by atoms with E-state index in [1.807, 2.05) is 0 Å². The van der Waals surface area contributed by atoms with E-state index < -0.39 is 0 Å². The second-order valence-electron chi connectivity index (χ2n) is 0.649. The molecule has 24 valence electrons. The van der Waals surface area contributed by atoms with E-state index in [4.69, 9.17) is 0 Å². The first-order valence-electron chi connectivity index (χ1n) is 1.39. The Morgan fingerprint density at radius 3 is 2.20 bits per heavy atom. The summed E-state index contributed by atoms with van der Waals surface area (Å²) in [5.74, 6) is 0. The van der Waals surface area contributed by atoms with Crippen LogP contribution in [0.5, 0.6) is 0 Å². The van der Waals surface area contributed by atoms with Crippen molar-refractivity contribution in [3.05, 3.63) is 10.1 Å². The van der Waals surface area contributed by atoms with Crippen molar-refractivity contribution in [3.63, 3.8) is 0 Å². The van der Waals surface area contributed by atoms with Crippen LogP contribution < -0.4 is 0 Å². The van der Waals surface area contributed by atoms with Crippen molar-refractivity contribution in [2.24, 2.45) is 0 Å². The van der Waals surface area contributed by atoms with Crippen molar-refractivity contribution in [3.8, 4) is 0 Å². The Balaban J connectivity index is 2.85. The van der Waals surface area contributed by atoms with Crippen molar-refractivity contribution in [2.45, 2.75) is 0 Å². The Morgan fingerprint density at radius 1 is 2.00 bits per heavy atom. The monoisotopic (exact) mass is 99.0 g/mol. The molecule has 0 unspecified atom stereocenters. The fourth-order valence-electron chi connectivity index (χ4n) is 0. The van der Waals surface area contributed by atoms with Crippen molar-refractivity contribution in [1.29, 1.82) is 0 Å². The summed E-state index contributed by atoms with van der Waals surface area (Å²) in [5, 5.41) is 9.22. The van der Waals surface area contributed by atoms with Crippen molar-refractivity contribution in [2.75, 3.05) is 0.639 Å². The molecule has 0 fully saturated rings. The SMILES string of the molecule is O=[N+]([O-])[CH2][K]. The van der Waals surface area contributed by atoms with Crippen LogP contribution in [0.3, 0.4) is 0 Å². The Kier molecular flexibility index (Phi) is 3.91. The molecule has 4 heteroatoms. The second-order valence-corrected chi connectivity index (χ2v) is 1.64. The van der Waals surface area contributed by atoms with Crippen LogP contribution in [0.4, 0.5) is 0 Å². The number of nitrogens with zero attached hydrogens (tertiary/aromatic N) is 1. The molecule has 0 rings (SSSR count). The Morgan fingerprint density at radius 2 is 2.20 bits per heavy atom. The minimum absolute atomic E-state index is 0.215. The van der Waals surface area contributed by atoms with Gasteiger partial charge in [0.25, 0.3) is 0 Å². The zero-order valence-corrected chi connectivity index (χ0v) is 6.09. The van der Waals surface area contributed by atoms with Crippen molar-refractivity contribution in [1.82, 2.24) is 0 Å². The summed E-state index contributed by atoms with van der Waals surface area (Å²) in [5.41, 5.74) is 0. The van der Waals surface area contributed by atoms with Gasteiger partial charge in [-0.1, -0.05) is 0 Å². The summed E-state index contributed by atoms with van der Waals surface area (Å²) in [4.78, 5) is 8.93. The molecule has 3 nitrogen and oxygen atoms in total. The molecule has 0 heterocycles. The standard InChI is InChI=1S/CH2NO2.K/c1-2(3)4;/h1H2;. The van der Waals surface area contributed by atoms with E-state index in [9.17, 15) is 10.1 Å². The molecule has 0 aromatic heterocycles. The molecule has 0 aliphatic heterocycles. The molecule has 0 spiro atoms. The van der Waals surface area contributed by atoms with E-state index in [2.05, 4.69) is 0 Å². The van der Waals surface area contributed by atoms with Gasteiger partial charge in [0.05, 0.1) is 0 Å². The summed E-state index contributed by atoms with van der Waals surface area (Å²) in [7, 11) is 0. The van der Waals surface area contributed by atoms with Gasteiger partial charge in [-0.3, -0.25) is 0 Å². The van der Waals surface area contributed by atoms with E-state index in [0.29, 0.717) is 49.0 Å². The van der Waals surface area contributed by atoms with Crippen LogP contribution in [0.1, 0.15) is 0 Å². The van der Waals surface area contributed by atoms with Gasteiger partial charge in [0, 0.05) is 0 Å². The minimum atomic E-state index is -0.292. The third kappa shape index (κ3) is 5.04. The van der Waals surface area contributed by atoms with Crippen LogP contribution in [0.25, 0.3) is 0 Å². The molecular weight excluding hydrogens is 97.1 g/mol. The van der Waals surface area contributed by atoms with E-state index in [-0.39, 0.29) is 5.56 Å². The van der Waals surface area contributed by atoms with Crippen LogP contribution >= 0.6 is 0 Å². The quantitative estimate of drug-likeness (QED) is 0.250. The van der Waals surface area contributed by atoms with Crippen LogP contribution in [0.2, 0.25) is 0 Å². The first kappa shape index (κ1) is 6.04. The zero-order valence-electron chi connectivity index (χ0n) is 2.97. The fourth-order valence-corrected chi connectivity index (χ4v) is 0. The van der Waals surface area contributed by atoms with Gasteiger partial charge in [-0.05, 0) is 0 Å². The van der Waals surface area contributed by atoms with Crippen molar-refractivity contribution < 1.29 is 4.92 Å². The molecular formula is CH2KNO2. The van der Waals surface area contributed by atoms with Gasteiger partial charge < -0.3 is 0 Å². The summed E-state index contributed by atoms with van der Waals surface area (Å²) < 4.78 is 0.215. The number of hydrogen-bond acceptors (Lipinski definition) is 2. The summed E-state index contributed by atoms with van der Waals surface area (Å²) in [6.07, 6.45) is 0. The molecule has 0 radical (unpaired) electrons. The third-order valence-corrected chi connectivity index (χ3v) is 1.06. The van der Waals surface area contributed by atoms with Gasteiger partial charge >= 0.3 is 64.6 Å². The molecule has 0 N–H and O–H groups in total. The molecule has 0 aliphatic rings. The normalized spacial score (nSPS) is 7.60. The van der Waals surface area contributed by atoms with Crippen molar-refractivity contribution >= 4 is 49.0 Å². The first-order chi connectivity index (χ1) is 2.27. The van der Waals surface area contributed by atoms with E-state index in [1.165, 1.54) is 0 Å². The van der Waals surface area contributed by atoms with E-state index in [1.54, 1.807) is 0 Å². The van der Waals surface area contributed by atoms with Gasteiger partial charge in [0.1, 0.15) is 0 Å². The molecule has 0 atom stereocenters. The molecule has 0 bridgehead atoms. The Bertz CT molecular complexity index is 44.9. The Labute approximate surface area is 63.5 Å². The topological polar surface area (TPSA) is 43.1 Å². The van der Waals surface area contributed by atoms with Gasteiger partial charge in [-0.25, -0.2) is 0 Å². The average molecular weight is 99.1 g/mol. The molecule has 0 saturated heterocycles. The predicted octanol–water partition coefficient (Wildman–Crippen LogP) is -0.611. The first-order valence-corrected chi connectivity index (χ1v) is 3.60. The fraction of sp³-hybridized carbons (Fsp3) is 1.00. The van der Waals surface area contributed by atoms with E-state index in [0.717, 1.165) is 0 Å². The summed E-state index contributed by atoms with van der Waals surface area (Å²) in [6, 6.07) is 0. The summed E-state index contributed by atoms with van der Waals surface area (Å²) >= 11 is 0.385. The molecule has 0 aromatic rings. The van der Waals surface area contributed by atoms with Gasteiger partial charge in [0.15, 0.2) is 0 Å². The molecule has 0 saturated carbocycles. The van der Waals surface area contributed by atoms with Crippen LogP contribution in [0.15, 0.2) is 0 Å². The average Bonchev–Trinajstić information content (AvgIpc) is 1.38.